The largest absolute Gasteiger partial charge is 0.351 e. The summed E-state index contributed by atoms with van der Waals surface area (Å²) in [5, 5.41) is 0. The second-order valence-corrected chi connectivity index (χ2v) is 5.49. The standard InChI is InChI=1S/C16H19B.C3H4N2/c1-4-17(15-11-9-13(2)10-12-15)16-8-6-5-7-14(16)3;1-2-5-3-4-1/h5-12H,4H2,1-3H3;1-3H,(H,4,5). The molecular weight excluding hydrogens is 267 g/mol. The number of benzene rings is 2. The molecule has 3 heteroatoms. The number of aromatic nitrogens is 2. The summed E-state index contributed by atoms with van der Waals surface area (Å²) >= 11 is 0. The predicted octanol–water partition coefficient (Wildman–Crippen LogP) is 3.34. The van der Waals surface area contributed by atoms with Crippen LogP contribution in [-0.2, 0) is 0 Å². The third-order valence-corrected chi connectivity index (χ3v) is 3.86. The lowest BCUT2D eigenvalue weighted by Gasteiger charge is -2.15. The first-order valence-electron chi connectivity index (χ1n) is 7.77. The third kappa shape index (κ3) is 4.35. The van der Waals surface area contributed by atoms with Crippen molar-refractivity contribution in [1.29, 1.82) is 0 Å². The first kappa shape index (κ1) is 16.1. The molecular formula is C19H23BN2. The molecule has 0 radical (unpaired) electrons. The second kappa shape index (κ2) is 8.23. The van der Waals surface area contributed by atoms with Gasteiger partial charge in [-0.15, -0.1) is 0 Å². The van der Waals surface area contributed by atoms with Gasteiger partial charge >= 0.3 is 0 Å². The van der Waals surface area contributed by atoms with Crippen LogP contribution in [0.25, 0.3) is 0 Å². The molecule has 0 spiro atoms. The van der Waals surface area contributed by atoms with Crippen LogP contribution in [0.1, 0.15) is 18.1 Å². The summed E-state index contributed by atoms with van der Waals surface area (Å²) in [6, 6.07) is 17.6. The fourth-order valence-corrected chi connectivity index (χ4v) is 2.63. The van der Waals surface area contributed by atoms with Crippen molar-refractivity contribution >= 4 is 17.6 Å². The van der Waals surface area contributed by atoms with E-state index in [0.717, 1.165) is 6.32 Å². The van der Waals surface area contributed by atoms with Crippen LogP contribution in [-0.4, -0.2) is 16.7 Å². The van der Waals surface area contributed by atoms with E-state index in [4.69, 9.17) is 0 Å². The van der Waals surface area contributed by atoms with E-state index < -0.39 is 0 Å². The Hall–Kier alpha value is -2.29. The SMILES string of the molecule is CCB(c1ccc(C)cc1)c1ccccc1C.c1c[nH]cn1. The van der Waals surface area contributed by atoms with Gasteiger partial charge in [0.2, 0.25) is 6.71 Å². The molecule has 0 bridgehead atoms. The molecule has 0 saturated heterocycles. The van der Waals surface area contributed by atoms with Crippen molar-refractivity contribution in [1.82, 2.24) is 9.97 Å². The van der Waals surface area contributed by atoms with Crippen molar-refractivity contribution in [2.45, 2.75) is 27.1 Å². The molecule has 2 nitrogen and oxygen atoms in total. The predicted molar refractivity (Wildman–Crippen MR) is 96.4 cm³/mol. The lowest BCUT2D eigenvalue weighted by atomic mass is 9.38. The van der Waals surface area contributed by atoms with Crippen molar-refractivity contribution < 1.29 is 0 Å². The molecule has 112 valence electrons. The van der Waals surface area contributed by atoms with E-state index in [1.807, 2.05) is 0 Å². The van der Waals surface area contributed by atoms with E-state index in [1.54, 1.807) is 18.7 Å². The number of hydrogen-bond donors (Lipinski definition) is 1. The van der Waals surface area contributed by atoms with Crippen molar-refractivity contribution in [2.24, 2.45) is 0 Å². The number of nitrogens with zero attached hydrogens (tertiary/aromatic N) is 1. The van der Waals surface area contributed by atoms with Crippen LogP contribution in [0.2, 0.25) is 6.32 Å². The van der Waals surface area contributed by atoms with Crippen LogP contribution in [0.4, 0.5) is 0 Å². The van der Waals surface area contributed by atoms with Crippen LogP contribution in [0.5, 0.6) is 0 Å². The third-order valence-electron chi connectivity index (χ3n) is 3.86. The molecule has 0 amide bonds. The first-order valence-corrected chi connectivity index (χ1v) is 7.77. The van der Waals surface area contributed by atoms with Gasteiger partial charge in [-0.25, -0.2) is 4.98 Å². The van der Waals surface area contributed by atoms with Crippen LogP contribution < -0.4 is 10.9 Å². The summed E-state index contributed by atoms with van der Waals surface area (Å²) in [5.41, 5.74) is 5.60. The number of nitrogens with one attached hydrogen (secondary N) is 1. The van der Waals surface area contributed by atoms with E-state index in [1.165, 1.54) is 22.1 Å². The average Bonchev–Trinajstić information content (AvgIpc) is 3.11. The Balaban J connectivity index is 0.000000299. The monoisotopic (exact) mass is 290 g/mol. The Bertz CT molecular complexity index is 643. The molecule has 1 N–H and O–H groups in total. The average molecular weight is 290 g/mol. The fraction of sp³-hybridized carbons (Fsp3) is 0.211. The lowest BCUT2D eigenvalue weighted by Crippen LogP contribution is -2.42. The zero-order valence-corrected chi connectivity index (χ0v) is 13.6. The maximum Gasteiger partial charge on any atom is 0.209 e. The number of aryl methyl sites for hydroxylation is 2. The summed E-state index contributed by atoms with van der Waals surface area (Å²) in [4.78, 5) is 6.42. The molecule has 0 saturated carbocycles. The highest BCUT2D eigenvalue weighted by atomic mass is 14.8. The molecule has 1 aromatic heterocycles. The van der Waals surface area contributed by atoms with Gasteiger partial charge in [0.1, 0.15) is 0 Å². The molecule has 0 atom stereocenters. The van der Waals surface area contributed by atoms with E-state index in [9.17, 15) is 0 Å². The van der Waals surface area contributed by atoms with E-state index in [-0.39, 0.29) is 0 Å². The minimum Gasteiger partial charge on any atom is -0.351 e. The molecule has 3 rings (SSSR count). The van der Waals surface area contributed by atoms with Gasteiger partial charge in [-0.2, -0.15) is 0 Å². The topological polar surface area (TPSA) is 28.7 Å². The lowest BCUT2D eigenvalue weighted by molar-refractivity contribution is 1.31. The van der Waals surface area contributed by atoms with E-state index in [0.29, 0.717) is 6.71 Å². The zero-order valence-electron chi connectivity index (χ0n) is 13.6. The van der Waals surface area contributed by atoms with Crippen molar-refractivity contribution in [3.63, 3.8) is 0 Å². The maximum absolute atomic E-state index is 3.67. The quantitative estimate of drug-likeness (QED) is 0.736. The Labute approximate surface area is 133 Å². The summed E-state index contributed by atoms with van der Waals surface area (Å²) in [5.74, 6) is 0. The van der Waals surface area contributed by atoms with Crippen LogP contribution in [0.3, 0.4) is 0 Å². The molecule has 0 fully saturated rings. The summed E-state index contributed by atoms with van der Waals surface area (Å²) in [6.45, 7) is 7.12. The van der Waals surface area contributed by atoms with Crippen molar-refractivity contribution in [2.75, 3.05) is 0 Å². The number of rotatable bonds is 3. The number of hydrogen-bond acceptors (Lipinski definition) is 1. The molecule has 1 heterocycles. The number of aromatic amines is 1. The second-order valence-electron chi connectivity index (χ2n) is 5.49. The van der Waals surface area contributed by atoms with Crippen LogP contribution in [0, 0.1) is 13.8 Å². The Morgan fingerprint density at radius 2 is 1.73 bits per heavy atom. The summed E-state index contributed by atoms with van der Waals surface area (Å²) < 4.78 is 0. The van der Waals surface area contributed by atoms with Gasteiger partial charge in [-0.1, -0.05) is 83.8 Å². The van der Waals surface area contributed by atoms with Gasteiger partial charge in [0.15, 0.2) is 0 Å². The Morgan fingerprint density at radius 3 is 2.23 bits per heavy atom. The van der Waals surface area contributed by atoms with Crippen molar-refractivity contribution in [3.8, 4) is 0 Å². The van der Waals surface area contributed by atoms with Gasteiger partial charge in [0.05, 0.1) is 6.33 Å². The van der Waals surface area contributed by atoms with E-state index in [2.05, 4.69) is 79.3 Å². The molecule has 0 aliphatic rings. The molecule has 0 aliphatic heterocycles. The highest BCUT2D eigenvalue weighted by molar-refractivity contribution is 6.85. The minimum atomic E-state index is 0.525. The van der Waals surface area contributed by atoms with Gasteiger partial charge in [0.25, 0.3) is 0 Å². The van der Waals surface area contributed by atoms with Crippen LogP contribution >= 0.6 is 0 Å². The van der Waals surface area contributed by atoms with Gasteiger partial charge < -0.3 is 4.98 Å². The Kier molecular flexibility index (Phi) is 6.02. The molecule has 0 unspecified atom stereocenters. The van der Waals surface area contributed by atoms with Crippen LogP contribution in [0.15, 0.2) is 67.3 Å². The van der Waals surface area contributed by atoms with Crippen molar-refractivity contribution in [3.05, 3.63) is 78.4 Å². The molecule has 22 heavy (non-hydrogen) atoms. The fourth-order valence-electron chi connectivity index (χ4n) is 2.63. The normalized spacial score (nSPS) is 9.77. The Morgan fingerprint density at radius 1 is 1.00 bits per heavy atom. The number of imidazole rings is 1. The summed E-state index contributed by atoms with van der Waals surface area (Å²) in [6.07, 6.45) is 6.23. The number of H-pyrrole nitrogens is 1. The van der Waals surface area contributed by atoms with Gasteiger partial charge in [-0.05, 0) is 13.8 Å². The minimum absolute atomic E-state index is 0.525. The maximum atomic E-state index is 3.67. The first-order chi connectivity index (χ1) is 10.7. The van der Waals surface area contributed by atoms with Gasteiger partial charge in [-0.3, -0.25) is 0 Å². The molecule has 2 aromatic carbocycles. The summed E-state index contributed by atoms with van der Waals surface area (Å²) in [7, 11) is 0. The highest BCUT2D eigenvalue weighted by Gasteiger charge is 2.17. The smallest absolute Gasteiger partial charge is 0.209 e. The van der Waals surface area contributed by atoms with E-state index >= 15 is 0 Å². The molecule has 3 aromatic rings. The molecule has 0 aliphatic carbocycles. The zero-order chi connectivity index (χ0) is 15.8. The highest BCUT2D eigenvalue weighted by Crippen LogP contribution is 2.02. The van der Waals surface area contributed by atoms with Gasteiger partial charge in [0, 0.05) is 12.4 Å².